The molecule has 0 bridgehead atoms. The fraction of sp³-hybridized carbons (Fsp3) is 0.385. The number of methoxy groups -OCH3 is 1. The fourth-order valence-electron chi connectivity index (χ4n) is 1.84. The standard InChI is InChI=1S/C13H16N2O2S/c1-4-6-15-11(10(17-3)8-14-15)12(16)13-9(2)5-7-18-13/h5,7-8H,4,6H2,1-3H3. The highest BCUT2D eigenvalue weighted by molar-refractivity contribution is 7.12. The topological polar surface area (TPSA) is 44.1 Å². The number of rotatable bonds is 5. The maximum atomic E-state index is 12.5. The molecular weight excluding hydrogens is 248 g/mol. The van der Waals surface area contributed by atoms with E-state index in [1.807, 2.05) is 18.4 Å². The number of aryl methyl sites for hydroxylation is 2. The Morgan fingerprint density at radius 1 is 1.56 bits per heavy atom. The molecule has 5 heteroatoms. The van der Waals surface area contributed by atoms with Crippen LogP contribution in [-0.4, -0.2) is 22.7 Å². The van der Waals surface area contributed by atoms with Crippen molar-refractivity contribution in [3.63, 3.8) is 0 Å². The van der Waals surface area contributed by atoms with Crippen LogP contribution in [0.5, 0.6) is 5.75 Å². The lowest BCUT2D eigenvalue weighted by Gasteiger charge is -2.06. The molecule has 0 unspecified atom stereocenters. The van der Waals surface area contributed by atoms with Crippen molar-refractivity contribution < 1.29 is 9.53 Å². The highest BCUT2D eigenvalue weighted by Gasteiger charge is 2.22. The molecule has 0 aromatic carbocycles. The molecule has 0 atom stereocenters. The van der Waals surface area contributed by atoms with E-state index in [-0.39, 0.29) is 5.78 Å². The predicted molar refractivity (Wildman–Crippen MR) is 71.6 cm³/mol. The third kappa shape index (κ3) is 2.18. The minimum atomic E-state index is -0.00898. The minimum Gasteiger partial charge on any atom is -0.493 e. The van der Waals surface area contributed by atoms with Gasteiger partial charge in [0, 0.05) is 6.54 Å². The van der Waals surface area contributed by atoms with E-state index in [0.717, 1.165) is 23.4 Å². The van der Waals surface area contributed by atoms with Crippen LogP contribution in [-0.2, 0) is 6.54 Å². The second-order valence-electron chi connectivity index (χ2n) is 4.05. The van der Waals surface area contributed by atoms with Crippen LogP contribution in [0.25, 0.3) is 0 Å². The summed E-state index contributed by atoms with van der Waals surface area (Å²) in [6, 6.07) is 1.95. The Morgan fingerprint density at radius 2 is 2.33 bits per heavy atom. The number of hydrogen-bond acceptors (Lipinski definition) is 4. The van der Waals surface area contributed by atoms with E-state index in [0.29, 0.717) is 11.4 Å². The van der Waals surface area contributed by atoms with Crippen LogP contribution in [0.4, 0.5) is 0 Å². The number of nitrogens with zero attached hydrogens (tertiary/aromatic N) is 2. The van der Waals surface area contributed by atoms with Crippen LogP contribution >= 0.6 is 11.3 Å². The molecule has 0 radical (unpaired) electrons. The first kappa shape index (κ1) is 12.8. The molecule has 0 spiro atoms. The maximum absolute atomic E-state index is 12.5. The lowest BCUT2D eigenvalue weighted by Crippen LogP contribution is -2.12. The van der Waals surface area contributed by atoms with Gasteiger partial charge in [0.2, 0.25) is 5.78 Å². The highest BCUT2D eigenvalue weighted by Crippen LogP contribution is 2.25. The van der Waals surface area contributed by atoms with E-state index in [2.05, 4.69) is 12.0 Å². The van der Waals surface area contributed by atoms with Crippen molar-refractivity contribution in [2.45, 2.75) is 26.8 Å². The van der Waals surface area contributed by atoms with Crippen LogP contribution in [0.3, 0.4) is 0 Å². The molecule has 0 aliphatic heterocycles. The van der Waals surface area contributed by atoms with Gasteiger partial charge in [-0.1, -0.05) is 6.92 Å². The van der Waals surface area contributed by atoms with Crippen molar-refractivity contribution in [1.82, 2.24) is 9.78 Å². The summed E-state index contributed by atoms with van der Waals surface area (Å²) in [7, 11) is 1.56. The number of ketones is 1. The molecule has 2 aromatic rings. The van der Waals surface area contributed by atoms with Gasteiger partial charge in [-0.25, -0.2) is 0 Å². The van der Waals surface area contributed by atoms with Crippen molar-refractivity contribution in [1.29, 1.82) is 0 Å². The Balaban J connectivity index is 2.46. The van der Waals surface area contributed by atoms with Crippen molar-refractivity contribution in [2.75, 3.05) is 7.11 Å². The molecule has 0 N–H and O–H groups in total. The van der Waals surface area contributed by atoms with Crippen LogP contribution in [0.1, 0.15) is 34.3 Å². The second-order valence-corrected chi connectivity index (χ2v) is 4.96. The number of aromatic nitrogens is 2. The molecule has 0 saturated heterocycles. The SMILES string of the molecule is CCCn1ncc(OC)c1C(=O)c1sccc1C. The van der Waals surface area contributed by atoms with Gasteiger partial charge in [0.1, 0.15) is 0 Å². The van der Waals surface area contributed by atoms with E-state index < -0.39 is 0 Å². The van der Waals surface area contributed by atoms with Crippen molar-refractivity contribution in [2.24, 2.45) is 0 Å². The lowest BCUT2D eigenvalue weighted by atomic mass is 10.1. The minimum absolute atomic E-state index is 0.00898. The van der Waals surface area contributed by atoms with E-state index in [9.17, 15) is 4.79 Å². The smallest absolute Gasteiger partial charge is 0.225 e. The average Bonchev–Trinajstić information content (AvgIpc) is 2.95. The van der Waals surface area contributed by atoms with Crippen molar-refractivity contribution in [3.05, 3.63) is 33.8 Å². The summed E-state index contributed by atoms with van der Waals surface area (Å²) in [6.07, 6.45) is 2.53. The summed E-state index contributed by atoms with van der Waals surface area (Å²) in [6.45, 7) is 4.71. The zero-order valence-corrected chi connectivity index (χ0v) is 11.6. The predicted octanol–water partition coefficient (Wildman–Crippen LogP) is 2.90. The second kappa shape index (κ2) is 5.35. The number of carbonyl (C=O) groups is 1. The Morgan fingerprint density at radius 3 is 2.89 bits per heavy atom. The Bertz CT molecular complexity index is 557. The Kier molecular flexibility index (Phi) is 3.81. The van der Waals surface area contributed by atoms with Crippen LogP contribution < -0.4 is 4.74 Å². The van der Waals surface area contributed by atoms with Gasteiger partial charge in [0.05, 0.1) is 18.2 Å². The van der Waals surface area contributed by atoms with Crippen LogP contribution in [0.15, 0.2) is 17.6 Å². The first-order valence-corrected chi connectivity index (χ1v) is 6.75. The van der Waals surface area contributed by atoms with Crippen molar-refractivity contribution >= 4 is 17.1 Å². The van der Waals surface area contributed by atoms with E-state index in [4.69, 9.17) is 4.74 Å². The maximum Gasteiger partial charge on any atom is 0.225 e. The van der Waals surface area contributed by atoms with Gasteiger partial charge >= 0.3 is 0 Å². The molecule has 18 heavy (non-hydrogen) atoms. The summed E-state index contributed by atoms with van der Waals surface area (Å²) in [5.41, 5.74) is 1.54. The number of ether oxygens (including phenoxy) is 1. The van der Waals surface area contributed by atoms with Gasteiger partial charge in [0.25, 0.3) is 0 Å². The van der Waals surface area contributed by atoms with E-state index in [1.165, 1.54) is 11.3 Å². The van der Waals surface area contributed by atoms with Gasteiger partial charge in [0.15, 0.2) is 11.4 Å². The van der Waals surface area contributed by atoms with E-state index >= 15 is 0 Å². The molecule has 2 heterocycles. The summed E-state index contributed by atoms with van der Waals surface area (Å²) in [5, 5.41) is 6.14. The molecule has 4 nitrogen and oxygen atoms in total. The molecule has 0 amide bonds. The molecule has 0 aliphatic carbocycles. The van der Waals surface area contributed by atoms with Gasteiger partial charge in [-0.15, -0.1) is 11.3 Å². The Hall–Kier alpha value is -1.62. The Labute approximate surface area is 110 Å². The first-order chi connectivity index (χ1) is 8.69. The zero-order valence-electron chi connectivity index (χ0n) is 10.8. The van der Waals surface area contributed by atoms with Gasteiger partial charge in [-0.3, -0.25) is 9.48 Å². The zero-order chi connectivity index (χ0) is 13.1. The van der Waals surface area contributed by atoms with Gasteiger partial charge in [-0.2, -0.15) is 5.10 Å². The van der Waals surface area contributed by atoms with E-state index in [1.54, 1.807) is 18.0 Å². The third-order valence-corrected chi connectivity index (χ3v) is 3.76. The molecule has 0 fully saturated rings. The highest BCUT2D eigenvalue weighted by atomic mass is 32.1. The molecule has 2 rings (SSSR count). The first-order valence-electron chi connectivity index (χ1n) is 5.87. The fourth-order valence-corrected chi connectivity index (χ4v) is 2.71. The quantitative estimate of drug-likeness (QED) is 0.780. The third-order valence-electron chi connectivity index (χ3n) is 2.74. The normalized spacial score (nSPS) is 10.6. The summed E-state index contributed by atoms with van der Waals surface area (Å²) >= 11 is 1.46. The monoisotopic (exact) mass is 264 g/mol. The molecule has 0 aliphatic rings. The largest absolute Gasteiger partial charge is 0.493 e. The molecule has 0 saturated carbocycles. The number of hydrogen-bond donors (Lipinski definition) is 0. The summed E-state index contributed by atoms with van der Waals surface area (Å²) in [4.78, 5) is 13.3. The lowest BCUT2D eigenvalue weighted by molar-refractivity contribution is 0.102. The average molecular weight is 264 g/mol. The van der Waals surface area contributed by atoms with Crippen LogP contribution in [0.2, 0.25) is 0 Å². The summed E-state index contributed by atoms with van der Waals surface area (Å²) < 4.78 is 6.95. The van der Waals surface area contributed by atoms with Crippen molar-refractivity contribution in [3.8, 4) is 5.75 Å². The number of thiophene rings is 1. The summed E-state index contributed by atoms with van der Waals surface area (Å²) in [5.74, 6) is 0.534. The van der Waals surface area contributed by atoms with Gasteiger partial charge < -0.3 is 4.74 Å². The molecule has 2 aromatic heterocycles. The molecule has 96 valence electrons. The van der Waals surface area contributed by atoms with Gasteiger partial charge in [-0.05, 0) is 30.4 Å². The molecular formula is C13H16N2O2S. The number of carbonyl (C=O) groups excluding carboxylic acids is 1. The van der Waals surface area contributed by atoms with Crippen LogP contribution in [0, 0.1) is 6.92 Å².